The van der Waals surface area contributed by atoms with Gasteiger partial charge < -0.3 is 4.42 Å². The van der Waals surface area contributed by atoms with Crippen molar-refractivity contribution < 1.29 is 4.42 Å². The molecule has 4 heteroatoms. The van der Waals surface area contributed by atoms with Crippen LogP contribution in [0.5, 0.6) is 0 Å². The lowest BCUT2D eigenvalue weighted by molar-refractivity contribution is 0.670. The zero-order valence-electron chi connectivity index (χ0n) is 31.0. The van der Waals surface area contributed by atoms with Crippen molar-refractivity contribution in [1.82, 2.24) is 9.97 Å². The maximum Gasteiger partial charge on any atom is 0.143 e. The minimum Gasteiger partial charge on any atom is -0.455 e. The minimum absolute atomic E-state index is 0.425. The Bertz CT molecular complexity index is 3420. The first-order chi connectivity index (χ1) is 28.8. The van der Waals surface area contributed by atoms with Gasteiger partial charge in [0.2, 0.25) is 0 Å². The van der Waals surface area contributed by atoms with Crippen molar-refractivity contribution in [2.75, 3.05) is 0 Å². The Labute approximate surface area is 338 Å². The second kappa shape index (κ2) is 10.9. The maximum absolute atomic E-state index is 6.60. The first-order valence-corrected chi connectivity index (χ1v) is 20.7. The Morgan fingerprint density at radius 1 is 0.397 bits per heavy atom. The average Bonchev–Trinajstić information content (AvgIpc) is 3.99. The highest BCUT2D eigenvalue weighted by Gasteiger charge is 2.55. The molecule has 7 aromatic carbocycles. The number of furan rings is 1. The van der Waals surface area contributed by atoms with Crippen LogP contribution >= 0.6 is 11.8 Å². The van der Waals surface area contributed by atoms with Crippen molar-refractivity contribution in [3.63, 3.8) is 0 Å². The number of hydrogen-bond donors (Lipinski definition) is 0. The molecule has 10 aromatic rings. The number of nitrogens with zero attached hydrogens (tertiary/aromatic N) is 2. The van der Waals surface area contributed by atoms with Crippen LogP contribution in [-0.4, -0.2) is 9.97 Å². The van der Waals surface area contributed by atoms with Crippen molar-refractivity contribution in [3.05, 3.63) is 227 Å². The van der Waals surface area contributed by atoms with Gasteiger partial charge in [0.15, 0.2) is 0 Å². The fourth-order valence-electron chi connectivity index (χ4n) is 11.3. The summed E-state index contributed by atoms with van der Waals surface area (Å²) in [7, 11) is 0. The molecule has 3 aliphatic carbocycles. The molecule has 3 aromatic heterocycles. The van der Waals surface area contributed by atoms with Crippen LogP contribution in [-0.2, 0) is 10.8 Å². The Balaban J connectivity index is 1.10. The zero-order chi connectivity index (χ0) is 37.7. The number of aromatic nitrogens is 2. The maximum atomic E-state index is 6.60. The molecule has 0 bridgehead atoms. The Hall–Kier alpha value is -7.01. The van der Waals surface area contributed by atoms with Crippen molar-refractivity contribution in [2.45, 2.75) is 20.6 Å². The van der Waals surface area contributed by atoms with Crippen LogP contribution < -0.4 is 0 Å². The van der Waals surface area contributed by atoms with E-state index in [1.807, 2.05) is 30.2 Å². The smallest absolute Gasteiger partial charge is 0.143 e. The van der Waals surface area contributed by atoms with E-state index in [4.69, 9.17) is 14.4 Å². The molecule has 0 N–H and O–H groups in total. The summed E-state index contributed by atoms with van der Waals surface area (Å²) in [6.07, 6.45) is 3.93. The van der Waals surface area contributed by atoms with E-state index in [1.165, 1.54) is 71.0 Å². The van der Waals surface area contributed by atoms with Crippen molar-refractivity contribution in [1.29, 1.82) is 0 Å². The monoisotopic (exact) mass is 754 g/mol. The number of fused-ring (bicyclic) bond motifs is 22. The van der Waals surface area contributed by atoms with Gasteiger partial charge in [-0.2, -0.15) is 0 Å². The van der Waals surface area contributed by atoms with E-state index in [1.54, 1.807) is 0 Å². The van der Waals surface area contributed by atoms with Gasteiger partial charge in [-0.3, -0.25) is 9.97 Å². The van der Waals surface area contributed by atoms with Crippen LogP contribution in [0.1, 0.15) is 44.5 Å². The van der Waals surface area contributed by atoms with Crippen molar-refractivity contribution in [2.24, 2.45) is 0 Å². The average molecular weight is 755 g/mol. The van der Waals surface area contributed by atoms with Gasteiger partial charge in [0, 0.05) is 49.6 Å². The van der Waals surface area contributed by atoms with Crippen molar-refractivity contribution >= 4 is 33.7 Å². The second-order valence-electron chi connectivity index (χ2n) is 15.9. The molecule has 1 unspecified atom stereocenters. The lowest BCUT2D eigenvalue weighted by Gasteiger charge is -2.40. The van der Waals surface area contributed by atoms with Crippen LogP contribution in [0.4, 0.5) is 0 Å². The van der Waals surface area contributed by atoms with E-state index < -0.39 is 10.8 Å². The van der Waals surface area contributed by atoms with E-state index in [0.29, 0.717) is 0 Å². The molecule has 14 rings (SSSR count). The predicted molar refractivity (Wildman–Crippen MR) is 232 cm³/mol. The van der Waals surface area contributed by atoms with E-state index in [-0.39, 0.29) is 0 Å². The van der Waals surface area contributed by atoms with Crippen LogP contribution in [0.15, 0.2) is 196 Å². The molecular formula is C54H30N2OS. The zero-order valence-corrected chi connectivity index (χ0v) is 31.8. The molecular weight excluding hydrogens is 725 g/mol. The number of pyridine rings is 2. The number of benzene rings is 7. The summed E-state index contributed by atoms with van der Waals surface area (Å²) in [6, 6.07) is 62.8. The van der Waals surface area contributed by atoms with Gasteiger partial charge >= 0.3 is 0 Å². The fraction of sp³-hybridized carbons (Fsp3) is 0.0370. The summed E-state index contributed by atoms with van der Waals surface area (Å²) in [5.41, 5.74) is 20.1. The van der Waals surface area contributed by atoms with Gasteiger partial charge in [-0.1, -0.05) is 145 Å². The van der Waals surface area contributed by atoms with Gasteiger partial charge in [-0.25, -0.2) is 0 Å². The fourth-order valence-corrected chi connectivity index (χ4v) is 12.5. The molecule has 3 nitrogen and oxygen atoms in total. The Morgan fingerprint density at radius 3 is 1.79 bits per heavy atom. The quantitative estimate of drug-likeness (QED) is 0.167. The highest BCUT2D eigenvalue weighted by atomic mass is 32.2. The molecule has 58 heavy (non-hydrogen) atoms. The first-order valence-electron chi connectivity index (χ1n) is 19.9. The van der Waals surface area contributed by atoms with E-state index in [2.05, 4.69) is 164 Å². The molecule has 0 amide bonds. The van der Waals surface area contributed by atoms with Crippen molar-refractivity contribution in [3.8, 4) is 44.8 Å². The predicted octanol–water partition coefficient (Wildman–Crippen LogP) is 13.2. The summed E-state index contributed by atoms with van der Waals surface area (Å²) >= 11 is 1.89. The number of hydrogen-bond acceptors (Lipinski definition) is 4. The van der Waals surface area contributed by atoms with Crippen LogP contribution in [0.25, 0.3) is 66.7 Å². The lowest BCUT2D eigenvalue weighted by Crippen LogP contribution is -2.33. The number of para-hydroxylation sites is 2. The highest BCUT2D eigenvalue weighted by Crippen LogP contribution is 2.67. The van der Waals surface area contributed by atoms with Crippen LogP contribution in [0, 0.1) is 0 Å². The minimum atomic E-state index is -0.661. The standard InChI is InChI=1S/C54H30N2OS/c1-5-19-39-33(13-1)34-14-2-6-20-40(34)53(39)41-21-7-3-15-35(41)38-28-45-49(29-44(38)53)58-48-25-10-8-22-42(48)54(45)43-23-12-26-55-50(43)51-46(54)27-31(30-56-51)32-17-11-18-37-36-16-4-9-24-47(36)57-52(32)37/h1-30H. The number of rotatable bonds is 1. The Kier molecular flexibility index (Phi) is 5.84. The normalized spacial score (nSPS) is 16.8. The summed E-state index contributed by atoms with van der Waals surface area (Å²) in [5.74, 6) is 0. The molecule has 0 radical (unpaired) electrons. The molecule has 268 valence electrons. The molecule has 4 aliphatic rings. The molecule has 0 saturated carbocycles. The van der Waals surface area contributed by atoms with Gasteiger partial charge in [-0.05, 0) is 97.6 Å². The van der Waals surface area contributed by atoms with Gasteiger partial charge in [0.25, 0.3) is 0 Å². The summed E-state index contributed by atoms with van der Waals surface area (Å²) in [4.78, 5) is 13.0. The molecule has 4 heterocycles. The molecule has 0 saturated heterocycles. The molecule has 1 atom stereocenters. The first kappa shape index (κ1) is 31.1. The third-order valence-electron chi connectivity index (χ3n) is 13.5. The molecule has 2 spiro atoms. The van der Waals surface area contributed by atoms with E-state index in [9.17, 15) is 0 Å². The molecule has 0 fully saturated rings. The SMILES string of the molecule is c1ccc2c(c1)Sc1cc3c(cc1C21c2cccnc2-c2ncc(-c4cccc5c4oc4ccccc45)cc21)-c1ccccc1C31c2ccccc2-c2ccccc21. The van der Waals surface area contributed by atoms with Gasteiger partial charge in [0.1, 0.15) is 11.2 Å². The summed E-state index contributed by atoms with van der Waals surface area (Å²) < 4.78 is 6.60. The highest BCUT2D eigenvalue weighted by molar-refractivity contribution is 7.99. The third kappa shape index (κ3) is 3.56. The van der Waals surface area contributed by atoms with Gasteiger partial charge in [-0.15, -0.1) is 0 Å². The molecule has 1 aliphatic heterocycles. The van der Waals surface area contributed by atoms with E-state index >= 15 is 0 Å². The van der Waals surface area contributed by atoms with E-state index in [0.717, 1.165) is 50.0 Å². The summed E-state index contributed by atoms with van der Waals surface area (Å²) in [5, 5.41) is 2.23. The Morgan fingerprint density at radius 2 is 1.00 bits per heavy atom. The third-order valence-corrected chi connectivity index (χ3v) is 14.6. The lowest BCUT2D eigenvalue weighted by atomic mass is 9.66. The second-order valence-corrected chi connectivity index (χ2v) is 17.0. The van der Waals surface area contributed by atoms with Gasteiger partial charge in [0.05, 0.1) is 22.2 Å². The van der Waals surface area contributed by atoms with Crippen LogP contribution in [0.2, 0.25) is 0 Å². The summed E-state index contributed by atoms with van der Waals surface area (Å²) in [6.45, 7) is 0. The van der Waals surface area contributed by atoms with Crippen LogP contribution in [0.3, 0.4) is 0 Å². The largest absolute Gasteiger partial charge is 0.455 e. The topological polar surface area (TPSA) is 38.9 Å².